The molecule has 82 valence electrons. The highest BCUT2D eigenvalue weighted by Gasteiger charge is 2.19. The van der Waals surface area contributed by atoms with E-state index >= 15 is 0 Å². The van der Waals surface area contributed by atoms with Gasteiger partial charge >= 0.3 is 0 Å². The molecule has 15 heavy (non-hydrogen) atoms. The summed E-state index contributed by atoms with van der Waals surface area (Å²) >= 11 is 0. The summed E-state index contributed by atoms with van der Waals surface area (Å²) in [7, 11) is 0. The predicted molar refractivity (Wildman–Crippen MR) is 64.9 cm³/mol. The van der Waals surface area contributed by atoms with Crippen LogP contribution in [-0.2, 0) is 12.8 Å². The molecule has 0 heterocycles. The summed E-state index contributed by atoms with van der Waals surface area (Å²) in [5.41, 5.74) is 2.40. The van der Waals surface area contributed by atoms with Crippen molar-refractivity contribution in [3.63, 3.8) is 0 Å². The van der Waals surface area contributed by atoms with E-state index in [1.807, 2.05) is 13.0 Å². The monoisotopic (exact) mass is 204 g/mol. The van der Waals surface area contributed by atoms with Crippen LogP contribution in [0, 0.1) is 5.41 Å². The van der Waals surface area contributed by atoms with Gasteiger partial charge in [-0.1, -0.05) is 44.2 Å². The first kappa shape index (κ1) is 12.0. The van der Waals surface area contributed by atoms with Crippen LogP contribution >= 0.6 is 0 Å². The van der Waals surface area contributed by atoms with Crippen molar-refractivity contribution in [1.82, 2.24) is 0 Å². The zero-order valence-electron chi connectivity index (χ0n) is 9.66. The lowest BCUT2D eigenvalue weighted by atomic mass is 9.84. The van der Waals surface area contributed by atoms with Crippen molar-refractivity contribution in [3.05, 3.63) is 48.0 Å². The van der Waals surface area contributed by atoms with Crippen molar-refractivity contribution < 1.29 is 5.11 Å². The highest BCUT2D eigenvalue weighted by Crippen LogP contribution is 2.23. The quantitative estimate of drug-likeness (QED) is 0.731. The zero-order valence-corrected chi connectivity index (χ0v) is 9.66. The van der Waals surface area contributed by atoms with Crippen LogP contribution in [0.3, 0.4) is 0 Å². The molecule has 0 saturated carbocycles. The van der Waals surface area contributed by atoms with E-state index in [0.29, 0.717) is 0 Å². The topological polar surface area (TPSA) is 20.2 Å². The SMILES string of the molecule is C=CC(C)(CO)Cc1ccc(CC)cc1. The van der Waals surface area contributed by atoms with Gasteiger partial charge < -0.3 is 5.11 Å². The Bertz CT molecular complexity index is 313. The molecular formula is C14H20O. The van der Waals surface area contributed by atoms with Crippen LogP contribution in [0.2, 0.25) is 0 Å². The van der Waals surface area contributed by atoms with Crippen LogP contribution < -0.4 is 0 Å². The smallest absolute Gasteiger partial charge is 0.0522 e. The molecule has 0 aliphatic heterocycles. The number of hydrogen-bond donors (Lipinski definition) is 1. The van der Waals surface area contributed by atoms with Crippen LogP contribution in [0.15, 0.2) is 36.9 Å². The van der Waals surface area contributed by atoms with Crippen LogP contribution in [0.5, 0.6) is 0 Å². The molecule has 1 aromatic rings. The molecule has 0 bridgehead atoms. The number of aliphatic hydroxyl groups excluding tert-OH is 1. The van der Waals surface area contributed by atoms with Gasteiger partial charge in [-0.25, -0.2) is 0 Å². The second kappa shape index (κ2) is 5.13. The average molecular weight is 204 g/mol. The third-order valence-corrected chi connectivity index (χ3v) is 2.89. The highest BCUT2D eigenvalue weighted by atomic mass is 16.3. The molecule has 0 spiro atoms. The Balaban J connectivity index is 2.76. The second-order valence-corrected chi connectivity index (χ2v) is 4.36. The molecule has 0 aromatic heterocycles. The molecule has 0 fully saturated rings. The molecule has 1 nitrogen and oxygen atoms in total. The van der Waals surface area contributed by atoms with E-state index in [-0.39, 0.29) is 12.0 Å². The van der Waals surface area contributed by atoms with Gasteiger partial charge in [0.1, 0.15) is 0 Å². The Morgan fingerprint density at radius 2 is 1.80 bits per heavy atom. The van der Waals surface area contributed by atoms with Crippen LogP contribution in [0.1, 0.15) is 25.0 Å². The third kappa shape index (κ3) is 3.21. The molecule has 1 N–H and O–H groups in total. The highest BCUT2D eigenvalue weighted by molar-refractivity contribution is 5.24. The molecule has 1 aromatic carbocycles. The van der Waals surface area contributed by atoms with E-state index in [1.165, 1.54) is 11.1 Å². The minimum atomic E-state index is -0.201. The maximum atomic E-state index is 9.28. The fourth-order valence-electron chi connectivity index (χ4n) is 1.55. The van der Waals surface area contributed by atoms with E-state index in [1.54, 1.807) is 0 Å². The van der Waals surface area contributed by atoms with Crippen molar-refractivity contribution >= 4 is 0 Å². The molecule has 0 radical (unpaired) electrons. The number of aliphatic hydroxyl groups is 1. The molecule has 1 rings (SSSR count). The van der Waals surface area contributed by atoms with E-state index in [2.05, 4.69) is 37.8 Å². The molecular weight excluding hydrogens is 184 g/mol. The normalized spacial score (nSPS) is 14.6. The molecule has 1 atom stereocenters. The van der Waals surface area contributed by atoms with Crippen molar-refractivity contribution in [2.24, 2.45) is 5.41 Å². The van der Waals surface area contributed by atoms with E-state index in [9.17, 15) is 5.11 Å². The molecule has 0 amide bonds. The Morgan fingerprint density at radius 3 is 2.20 bits per heavy atom. The number of benzene rings is 1. The van der Waals surface area contributed by atoms with Crippen molar-refractivity contribution in [2.45, 2.75) is 26.7 Å². The number of hydrogen-bond acceptors (Lipinski definition) is 1. The molecule has 0 saturated heterocycles. The van der Waals surface area contributed by atoms with Crippen molar-refractivity contribution in [2.75, 3.05) is 6.61 Å². The zero-order chi connectivity index (χ0) is 11.3. The Hall–Kier alpha value is -1.08. The maximum Gasteiger partial charge on any atom is 0.0522 e. The van der Waals surface area contributed by atoms with Gasteiger partial charge in [-0.15, -0.1) is 6.58 Å². The van der Waals surface area contributed by atoms with Gasteiger partial charge in [0, 0.05) is 5.41 Å². The lowest BCUT2D eigenvalue weighted by Gasteiger charge is -2.22. The fourth-order valence-corrected chi connectivity index (χ4v) is 1.55. The van der Waals surface area contributed by atoms with Gasteiger partial charge in [-0.2, -0.15) is 0 Å². The Labute approximate surface area is 92.5 Å². The van der Waals surface area contributed by atoms with Crippen LogP contribution in [0.4, 0.5) is 0 Å². The van der Waals surface area contributed by atoms with Crippen LogP contribution in [0.25, 0.3) is 0 Å². The summed E-state index contributed by atoms with van der Waals surface area (Å²) in [5, 5.41) is 9.28. The number of rotatable bonds is 5. The predicted octanol–water partition coefficient (Wildman–Crippen LogP) is 2.98. The maximum absolute atomic E-state index is 9.28. The summed E-state index contributed by atoms with van der Waals surface area (Å²) in [6.07, 6.45) is 3.75. The lowest BCUT2D eigenvalue weighted by molar-refractivity contribution is 0.184. The van der Waals surface area contributed by atoms with Gasteiger partial charge in [-0.3, -0.25) is 0 Å². The van der Waals surface area contributed by atoms with E-state index < -0.39 is 0 Å². The van der Waals surface area contributed by atoms with Crippen molar-refractivity contribution in [3.8, 4) is 0 Å². The van der Waals surface area contributed by atoms with Crippen LogP contribution in [-0.4, -0.2) is 11.7 Å². The summed E-state index contributed by atoms with van der Waals surface area (Å²) in [6, 6.07) is 8.57. The van der Waals surface area contributed by atoms with Gasteiger partial charge in [0.15, 0.2) is 0 Å². The second-order valence-electron chi connectivity index (χ2n) is 4.36. The van der Waals surface area contributed by atoms with Gasteiger partial charge in [-0.05, 0) is 24.0 Å². The summed E-state index contributed by atoms with van der Waals surface area (Å²) in [5.74, 6) is 0. The minimum absolute atomic E-state index is 0.145. The first-order valence-electron chi connectivity index (χ1n) is 5.46. The lowest BCUT2D eigenvalue weighted by Crippen LogP contribution is -2.21. The molecule has 1 heteroatoms. The van der Waals surface area contributed by atoms with E-state index in [4.69, 9.17) is 0 Å². The van der Waals surface area contributed by atoms with Gasteiger partial charge in [0.05, 0.1) is 6.61 Å². The summed E-state index contributed by atoms with van der Waals surface area (Å²) in [6.45, 7) is 8.09. The Kier molecular flexibility index (Phi) is 4.10. The first-order valence-corrected chi connectivity index (χ1v) is 5.46. The minimum Gasteiger partial charge on any atom is -0.395 e. The van der Waals surface area contributed by atoms with Crippen molar-refractivity contribution in [1.29, 1.82) is 0 Å². The van der Waals surface area contributed by atoms with E-state index in [0.717, 1.165) is 12.8 Å². The largest absolute Gasteiger partial charge is 0.395 e. The molecule has 0 aliphatic carbocycles. The van der Waals surface area contributed by atoms with Gasteiger partial charge in [0.2, 0.25) is 0 Å². The average Bonchev–Trinajstić information content (AvgIpc) is 2.30. The molecule has 0 aliphatic rings. The standard InChI is InChI=1S/C14H20O/c1-4-12-6-8-13(9-7-12)10-14(3,5-2)11-15/h5-9,15H,2,4,10-11H2,1,3H3. The first-order chi connectivity index (χ1) is 7.13. The Morgan fingerprint density at radius 1 is 1.27 bits per heavy atom. The summed E-state index contributed by atoms with van der Waals surface area (Å²) < 4.78 is 0. The van der Waals surface area contributed by atoms with Gasteiger partial charge in [0.25, 0.3) is 0 Å². The third-order valence-electron chi connectivity index (χ3n) is 2.89. The fraction of sp³-hybridized carbons (Fsp3) is 0.429. The molecule has 1 unspecified atom stereocenters. The number of aryl methyl sites for hydroxylation is 1. The summed E-state index contributed by atoms with van der Waals surface area (Å²) in [4.78, 5) is 0.